The highest BCUT2D eigenvalue weighted by molar-refractivity contribution is 5.90. The van der Waals surface area contributed by atoms with E-state index in [0.717, 1.165) is 33.4 Å². The van der Waals surface area contributed by atoms with Gasteiger partial charge in [-0.3, -0.25) is 0 Å². The summed E-state index contributed by atoms with van der Waals surface area (Å²) in [5.41, 5.74) is 10.5. The molecule has 7 heteroatoms. The standard InChI is InChI=1S/C21H22N6O/c1-12(2)27-20-17(11-23-27)16(9-18(24-20)14-7-8-14)21-25-19(26-28-21)15-5-3-13(10-22)4-6-15/h3-6,9,11-12,14H,7-8,10,22H2,1-2H3. The minimum absolute atomic E-state index is 0.228. The Morgan fingerprint density at radius 1 is 1.18 bits per heavy atom. The molecule has 3 aromatic heterocycles. The van der Waals surface area contributed by atoms with Gasteiger partial charge in [0.25, 0.3) is 5.89 Å². The van der Waals surface area contributed by atoms with Crippen molar-refractivity contribution >= 4 is 11.0 Å². The van der Waals surface area contributed by atoms with Gasteiger partial charge in [-0.05, 0) is 38.3 Å². The van der Waals surface area contributed by atoms with Crippen molar-refractivity contribution in [1.29, 1.82) is 0 Å². The normalized spacial score (nSPS) is 14.3. The largest absolute Gasteiger partial charge is 0.334 e. The zero-order chi connectivity index (χ0) is 19.3. The predicted octanol–water partition coefficient (Wildman–Crippen LogP) is 4.07. The summed E-state index contributed by atoms with van der Waals surface area (Å²) in [6.45, 7) is 4.72. The highest BCUT2D eigenvalue weighted by atomic mass is 16.5. The SMILES string of the molecule is CC(C)n1ncc2c(-c3nc(-c4ccc(CN)cc4)no3)cc(C3CC3)nc21. The average molecular weight is 374 g/mol. The number of benzene rings is 1. The number of nitrogens with two attached hydrogens (primary N) is 1. The van der Waals surface area contributed by atoms with Crippen LogP contribution < -0.4 is 5.73 Å². The molecule has 0 aliphatic heterocycles. The lowest BCUT2D eigenvalue weighted by Crippen LogP contribution is -2.04. The van der Waals surface area contributed by atoms with Crippen LogP contribution in [0.5, 0.6) is 0 Å². The van der Waals surface area contributed by atoms with Gasteiger partial charge in [-0.2, -0.15) is 10.1 Å². The second-order valence-electron chi connectivity index (χ2n) is 7.61. The lowest BCUT2D eigenvalue weighted by atomic mass is 10.1. The van der Waals surface area contributed by atoms with Gasteiger partial charge >= 0.3 is 0 Å². The fourth-order valence-corrected chi connectivity index (χ4v) is 3.42. The first-order chi connectivity index (χ1) is 13.6. The third-order valence-corrected chi connectivity index (χ3v) is 5.18. The number of pyridine rings is 1. The number of aromatic nitrogens is 5. The van der Waals surface area contributed by atoms with E-state index in [-0.39, 0.29) is 6.04 Å². The van der Waals surface area contributed by atoms with Crippen LogP contribution in [0.4, 0.5) is 0 Å². The molecular weight excluding hydrogens is 352 g/mol. The smallest absolute Gasteiger partial charge is 0.259 e. The Morgan fingerprint density at radius 2 is 1.96 bits per heavy atom. The molecule has 7 nitrogen and oxygen atoms in total. The van der Waals surface area contributed by atoms with Crippen molar-refractivity contribution in [2.24, 2.45) is 5.73 Å². The predicted molar refractivity (Wildman–Crippen MR) is 107 cm³/mol. The van der Waals surface area contributed by atoms with Gasteiger partial charge < -0.3 is 10.3 Å². The summed E-state index contributed by atoms with van der Waals surface area (Å²) >= 11 is 0. The van der Waals surface area contributed by atoms with Crippen molar-refractivity contribution in [3.8, 4) is 22.8 Å². The number of rotatable bonds is 5. The molecule has 1 aliphatic carbocycles. The van der Waals surface area contributed by atoms with Crippen LogP contribution in [0, 0.1) is 0 Å². The number of fused-ring (bicyclic) bond motifs is 1. The van der Waals surface area contributed by atoms with E-state index in [0.29, 0.717) is 24.2 Å². The van der Waals surface area contributed by atoms with Crippen molar-refractivity contribution in [3.63, 3.8) is 0 Å². The molecule has 1 aliphatic rings. The fraction of sp³-hybridized carbons (Fsp3) is 0.333. The van der Waals surface area contributed by atoms with Crippen LogP contribution in [0.1, 0.15) is 49.9 Å². The van der Waals surface area contributed by atoms with Crippen molar-refractivity contribution in [3.05, 3.63) is 47.8 Å². The first-order valence-electron chi connectivity index (χ1n) is 9.65. The van der Waals surface area contributed by atoms with E-state index in [2.05, 4.69) is 35.2 Å². The molecule has 1 saturated carbocycles. The van der Waals surface area contributed by atoms with Crippen LogP contribution in [0.2, 0.25) is 0 Å². The van der Waals surface area contributed by atoms with E-state index in [1.54, 1.807) is 0 Å². The summed E-state index contributed by atoms with van der Waals surface area (Å²) in [5.74, 6) is 1.58. The molecule has 0 unspecified atom stereocenters. The highest BCUT2D eigenvalue weighted by Gasteiger charge is 2.28. The van der Waals surface area contributed by atoms with Gasteiger partial charge in [-0.15, -0.1) is 0 Å². The van der Waals surface area contributed by atoms with Gasteiger partial charge in [0, 0.05) is 29.8 Å². The summed E-state index contributed by atoms with van der Waals surface area (Å²) in [7, 11) is 0. The summed E-state index contributed by atoms with van der Waals surface area (Å²) in [6, 6.07) is 10.2. The molecule has 28 heavy (non-hydrogen) atoms. The van der Waals surface area contributed by atoms with Gasteiger partial charge in [0.2, 0.25) is 5.82 Å². The Labute approximate surface area is 162 Å². The van der Waals surface area contributed by atoms with Crippen molar-refractivity contribution in [1.82, 2.24) is 24.9 Å². The minimum Gasteiger partial charge on any atom is -0.334 e. The molecule has 1 fully saturated rings. The number of hydrogen-bond acceptors (Lipinski definition) is 6. The summed E-state index contributed by atoms with van der Waals surface area (Å²) < 4.78 is 7.60. The molecule has 2 N–H and O–H groups in total. The van der Waals surface area contributed by atoms with Crippen LogP contribution >= 0.6 is 0 Å². The molecule has 0 amide bonds. The number of nitrogens with zero attached hydrogens (tertiary/aromatic N) is 5. The van der Waals surface area contributed by atoms with Gasteiger partial charge in [0.1, 0.15) is 0 Å². The van der Waals surface area contributed by atoms with Crippen LogP contribution in [0.3, 0.4) is 0 Å². The zero-order valence-electron chi connectivity index (χ0n) is 16.0. The topological polar surface area (TPSA) is 95.7 Å². The number of hydrogen-bond donors (Lipinski definition) is 1. The van der Waals surface area contributed by atoms with Gasteiger partial charge in [-0.1, -0.05) is 29.4 Å². The Bertz CT molecular complexity index is 1140. The molecule has 0 radical (unpaired) electrons. The van der Waals surface area contributed by atoms with E-state index >= 15 is 0 Å². The Kier molecular flexibility index (Phi) is 3.98. The molecule has 0 atom stereocenters. The molecule has 0 saturated heterocycles. The van der Waals surface area contributed by atoms with E-state index < -0.39 is 0 Å². The third-order valence-electron chi connectivity index (χ3n) is 5.18. The Hall–Kier alpha value is -3.06. The van der Waals surface area contributed by atoms with Gasteiger partial charge in [0.05, 0.1) is 17.1 Å². The second kappa shape index (κ2) is 6.53. The van der Waals surface area contributed by atoms with E-state index in [9.17, 15) is 0 Å². The monoisotopic (exact) mass is 374 g/mol. The van der Waals surface area contributed by atoms with Crippen LogP contribution in [0.25, 0.3) is 33.9 Å². The first kappa shape index (κ1) is 17.1. The Morgan fingerprint density at radius 3 is 2.64 bits per heavy atom. The van der Waals surface area contributed by atoms with E-state index in [4.69, 9.17) is 15.2 Å². The molecule has 1 aromatic carbocycles. The van der Waals surface area contributed by atoms with Crippen LogP contribution in [-0.2, 0) is 6.54 Å². The molecule has 5 rings (SSSR count). The maximum absolute atomic E-state index is 5.67. The Balaban J connectivity index is 1.61. The average Bonchev–Trinajstić information content (AvgIpc) is 3.28. The van der Waals surface area contributed by atoms with Crippen molar-refractivity contribution in [2.45, 2.75) is 45.2 Å². The summed E-state index contributed by atoms with van der Waals surface area (Å²) in [5, 5.41) is 9.67. The highest BCUT2D eigenvalue weighted by Crippen LogP contribution is 2.42. The molecule has 142 valence electrons. The van der Waals surface area contributed by atoms with Crippen LogP contribution in [-0.4, -0.2) is 24.9 Å². The maximum atomic E-state index is 5.67. The van der Waals surface area contributed by atoms with Crippen molar-refractivity contribution in [2.75, 3.05) is 0 Å². The quantitative estimate of drug-likeness (QED) is 0.566. The lowest BCUT2D eigenvalue weighted by molar-refractivity contribution is 0.432. The van der Waals surface area contributed by atoms with Gasteiger partial charge in [0.15, 0.2) is 5.65 Å². The fourth-order valence-electron chi connectivity index (χ4n) is 3.42. The van der Waals surface area contributed by atoms with Crippen molar-refractivity contribution < 1.29 is 4.52 Å². The molecule has 3 heterocycles. The van der Waals surface area contributed by atoms with Crippen LogP contribution in [0.15, 0.2) is 41.1 Å². The third kappa shape index (κ3) is 2.88. The maximum Gasteiger partial charge on any atom is 0.259 e. The lowest BCUT2D eigenvalue weighted by Gasteiger charge is -2.08. The van der Waals surface area contributed by atoms with E-state index in [1.807, 2.05) is 35.1 Å². The van der Waals surface area contributed by atoms with Gasteiger partial charge in [-0.25, -0.2) is 9.67 Å². The zero-order valence-corrected chi connectivity index (χ0v) is 16.0. The second-order valence-corrected chi connectivity index (χ2v) is 7.61. The molecular formula is C21H22N6O. The molecule has 0 bridgehead atoms. The van der Waals surface area contributed by atoms with E-state index in [1.165, 1.54) is 12.8 Å². The first-order valence-corrected chi connectivity index (χ1v) is 9.65. The molecule has 4 aromatic rings. The summed E-state index contributed by atoms with van der Waals surface area (Å²) in [4.78, 5) is 9.54. The minimum atomic E-state index is 0.228. The molecule has 0 spiro atoms. The summed E-state index contributed by atoms with van der Waals surface area (Å²) in [6.07, 6.45) is 4.20.